The van der Waals surface area contributed by atoms with Gasteiger partial charge >= 0.3 is 0 Å². The molecular weight excluding hydrogens is 328 g/mol. The first-order chi connectivity index (χ1) is 12.7. The van der Waals surface area contributed by atoms with Crippen LogP contribution in [0.5, 0.6) is 0 Å². The molecule has 0 bridgehead atoms. The van der Waals surface area contributed by atoms with E-state index in [0.717, 1.165) is 60.0 Å². The number of piperazine rings is 1. The number of rotatable bonds is 2. The Kier molecular flexibility index (Phi) is 3.43. The molecule has 3 aromatic heterocycles. The predicted octanol–water partition coefficient (Wildman–Crippen LogP) is 2.60. The lowest BCUT2D eigenvalue weighted by molar-refractivity contribution is 0.311. The standard InChI is InChI=1S/C19H20N6O/c1-13-20-16-5-3-14(11-17(16)26-13)15-4-6-18-21-22-19(25(18)12-15)24-9-7-23(2)8-10-24/h3-6,11-12H,7-10H2,1-2H3. The van der Waals surface area contributed by atoms with Crippen LogP contribution >= 0.6 is 0 Å². The average molecular weight is 348 g/mol. The van der Waals surface area contributed by atoms with E-state index in [1.807, 2.05) is 25.1 Å². The molecule has 26 heavy (non-hydrogen) atoms. The Hall–Kier alpha value is -2.93. The van der Waals surface area contributed by atoms with E-state index in [2.05, 4.69) is 54.8 Å². The molecule has 0 spiro atoms. The smallest absolute Gasteiger partial charge is 0.231 e. The predicted molar refractivity (Wildman–Crippen MR) is 100 cm³/mol. The van der Waals surface area contributed by atoms with Crippen molar-refractivity contribution < 1.29 is 4.42 Å². The fraction of sp³-hybridized carbons (Fsp3) is 0.316. The van der Waals surface area contributed by atoms with Crippen molar-refractivity contribution in [1.82, 2.24) is 24.5 Å². The SMILES string of the molecule is Cc1nc2ccc(-c3ccc4nnc(N5CCN(C)CC5)n4c3)cc2o1. The van der Waals surface area contributed by atoms with E-state index < -0.39 is 0 Å². The molecule has 1 saturated heterocycles. The summed E-state index contributed by atoms with van der Waals surface area (Å²) in [5, 5.41) is 8.75. The largest absolute Gasteiger partial charge is 0.441 e. The molecule has 132 valence electrons. The molecule has 0 amide bonds. The highest BCUT2D eigenvalue weighted by Gasteiger charge is 2.19. The number of aryl methyl sites for hydroxylation is 1. The van der Waals surface area contributed by atoms with Crippen LogP contribution < -0.4 is 4.90 Å². The molecule has 1 aliphatic heterocycles. The van der Waals surface area contributed by atoms with Crippen LogP contribution in [0.4, 0.5) is 5.95 Å². The minimum absolute atomic E-state index is 0.684. The van der Waals surface area contributed by atoms with Gasteiger partial charge in [-0.15, -0.1) is 10.2 Å². The van der Waals surface area contributed by atoms with Gasteiger partial charge in [0.2, 0.25) is 5.95 Å². The number of hydrogen-bond acceptors (Lipinski definition) is 6. The second-order valence-corrected chi connectivity index (χ2v) is 6.85. The summed E-state index contributed by atoms with van der Waals surface area (Å²) in [6.07, 6.45) is 2.10. The number of oxazole rings is 1. The first-order valence-corrected chi connectivity index (χ1v) is 8.83. The summed E-state index contributed by atoms with van der Waals surface area (Å²) >= 11 is 0. The van der Waals surface area contributed by atoms with E-state index in [4.69, 9.17) is 4.42 Å². The van der Waals surface area contributed by atoms with E-state index >= 15 is 0 Å². The third-order valence-electron chi connectivity index (χ3n) is 5.00. The fourth-order valence-electron chi connectivity index (χ4n) is 3.49. The van der Waals surface area contributed by atoms with E-state index in [1.165, 1.54) is 0 Å². The van der Waals surface area contributed by atoms with Gasteiger partial charge in [-0.1, -0.05) is 6.07 Å². The molecule has 0 atom stereocenters. The van der Waals surface area contributed by atoms with E-state index in [1.54, 1.807) is 0 Å². The minimum atomic E-state index is 0.684. The second kappa shape index (κ2) is 5.81. The lowest BCUT2D eigenvalue weighted by atomic mass is 10.1. The first-order valence-electron chi connectivity index (χ1n) is 8.83. The van der Waals surface area contributed by atoms with Crippen LogP contribution in [0.1, 0.15) is 5.89 Å². The molecule has 4 heterocycles. The zero-order valence-electron chi connectivity index (χ0n) is 14.9. The Morgan fingerprint density at radius 3 is 2.62 bits per heavy atom. The van der Waals surface area contributed by atoms with Crippen molar-refractivity contribution in [2.24, 2.45) is 0 Å². The van der Waals surface area contributed by atoms with Gasteiger partial charge < -0.3 is 14.2 Å². The molecule has 4 aromatic rings. The van der Waals surface area contributed by atoms with Crippen LogP contribution in [0, 0.1) is 6.92 Å². The van der Waals surface area contributed by atoms with Crippen LogP contribution in [0.25, 0.3) is 27.9 Å². The highest BCUT2D eigenvalue weighted by molar-refractivity contribution is 5.80. The van der Waals surface area contributed by atoms with Crippen LogP contribution in [0.15, 0.2) is 40.9 Å². The van der Waals surface area contributed by atoms with Crippen molar-refractivity contribution in [3.8, 4) is 11.1 Å². The quantitative estimate of drug-likeness (QED) is 0.555. The number of likely N-dealkylation sites (N-methyl/N-ethyl adjacent to an activating group) is 1. The van der Waals surface area contributed by atoms with E-state index in [-0.39, 0.29) is 0 Å². The van der Waals surface area contributed by atoms with Gasteiger partial charge in [-0.2, -0.15) is 0 Å². The molecule has 0 saturated carbocycles. The summed E-state index contributed by atoms with van der Waals surface area (Å²) in [5.74, 6) is 1.59. The molecule has 1 aromatic carbocycles. The Morgan fingerprint density at radius 2 is 1.77 bits per heavy atom. The zero-order valence-corrected chi connectivity index (χ0v) is 14.9. The lowest BCUT2D eigenvalue weighted by Crippen LogP contribution is -2.45. The van der Waals surface area contributed by atoms with Crippen LogP contribution in [0.3, 0.4) is 0 Å². The number of nitrogens with zero attached hydrogens (tertiary/aromatic N) is 6. The summed E-state index contributed by atoms with van der Waals surface area (Å²) in [5.41, 5.74) is 4.74. The van der Waals surface area contributed by atoms with Crippen molar-refractivity contribution in [2.45, 2.75) is 6.92 Å². The van der Waals surface area contributed by atoms with Gasteiger partial charge in [0.15, 0.2) is 17.1 Å². The highest BCUT2D eigenvalue weighted by Crippen LogP contribution is 2.26. The number of aromatic nitrogens is 4. The van der Waals surface area contributed by atoms with E-state index in [0.29, 0.717) is 5.89 Å². The number of fused-ring (bicyclic) bond motifs is 2. The fourth-order valence-corrected chi connectivity index (χ4v) is 3.49. The van der Waals surface area contributed by atoms with Gasteiger partial charge in [-0.3, -0.25) is 4.40 Å². The molecule has 0 aliphatic carbocycles. The van der Waals surface area contributed by atoms with Gasteiger partial charge in [0.05, 0.1) is 0 Å². The summed E-state index contributed by atoms with van der Waals surface area (Å²) in [6.45, 7) is 5.87. The maximum absolute atomic E-state index is 5.68. The van der Waals surface area contributed by atoms with Crippen LogP contribution in [-0.2, 0) is 0 Å². The van der Waals surface area contributed by atoms with Crippen LogP contribution in [0.2, 0.25) is 0 Å². The molecule has 7 nitrogen and oxygen atoms in total. The van der Waals surface area contributed by atoms with Crippen LogP contribution in [-0.4, -0.2) is 57.7 Å². The molecule has 0 unspecified atom stereocenters. The molecule has 1 aliphatic rings. The maximum Gasteiger partial charge on any atom is 0.231 e. The molecule has 7 heteroatoms. The summed E-state index contributed by atoms with van der Waals surface area (Å²) in [6, 6.07) is 10.2. The number of benzene rings is 1. The summed E-state index contributed by atoms with van der Waals surface area (Å²) in [7, 11) is 2.15. The number of anilines is 1. The normalized spacial score (nSPS) is 16.0. The van der Waals surface area contributed by atoms with E-state index in [9.17, 15) is 0 Å². The van der Waals surface area contributed by atoms with Gasteiger partial charge in [0.25, 0.3) is 0 Å². The van der Waals surface area contributed by atoms with Crippen molar-refractivity contribution in [3.63, 3.8) is 0 Å². The summed E-state index contributed by atoms with van der Waals surface area (Å²) in [4.78, 5) is 9.00. The molecule has 1 fully saturated rings. The van der Waals surface area contributed by atoms with Gasteiger partial charge in [-0.05, 0) is 42.4 Å². The second-order valence-electron chi connectivity index (χ2n) is 6.85. The van der Waals surface area contributed by atoms with Crippen molar-refractivity contribution in [1.29, 1.82) is 0 Å². The monoisotopic (exact) mass is 348 g/mol. The van der Waals surface area contributed by atoms with Gasteiger partial charge in [-0.25, -0.2) is 4.98 Å². The first kappa shape index (κ1) is 15.3. The molecule has 0 radical (unpaired) electrons. The lowest BCUT2D eigenvalue weighted by Gasteiger charge is -2.32. The van der Waals surface area contributed by atoms with Crippen molar-refractivity contribution in [3.05, 3.63) is 42.4 Å². The number of pyridine rings is 1. The topological polar surface area (TPSA) is 62.7 Å². The third kappa shape index (κ3) is 2.52. The number of hydrogen-bond donors (Lipinski definition) is 0. The summed E-state index contributed by atoms with van der Waals surface area (Å²) < 4.78 is 7.76. The van der Waals surface area contributed by atoms with Crippen molar-refractivity contribution >= 4 is 22.7 Å². The molecule has 5 rings (SSSR count). The van der Waals surface area contributed by atoms with Crippen molar-refractivity contribution in [2.75, 3.05) is 38.1 Å². The maximum atomic E-state index is 5.68. The van der Waals surface area contributed by atoms with Gasteiger partial charge in [0, 0.05) is 39.3 Å². The minimum Gasteiger partial charge on any atom is -0.441 e. The Bertz CT molecular complexity index is 1090. The Labute approximate surface area is 150 Å². The molecular formula is C19H20N6O. The average Bonchev–Trinajstić information content (AvgIpc) is 3.23. The Morgan fingerprint density at radius 1 is 0.962 bits per heavy atom. The highest BCUT2D eigenvalue weighted by atomic mass is 16.3. The van der Waals surface area contributed by atoms with Gasteiger partial charge in [0.1, 0.15) is 5.52 Å². The molecule has 0 N–H and O–H groups in total. The third-order valence-corrected chi connectivity index (χ3v) is 5.00. The Balaban J connectivity index is 1.56. The zero-order chi connectivity index (χ0) is 17.7.